The van der Waals surface area contributed by atoms with E-state index in [2.05, 4.69) is 42.5 Å². The van der Waals surface area contributed by atoms with E-state index < -0.39 is 23.3 Å². The molecule has 0 spiro atoms. The van der Waals surface area contributed by atoms with Gasteiger partial charge in [0.1, 0.15) is 41.4 Å². The van der Waals surface area contributed by atoms with Gasteiger partial charge in [-0.2, -0.15) is 9.97 Å². The molecular formula is C43H40F3N7O3. The topological polar surface area (TPSA) is 107 Å². The fourth-order valence-electron chi connectivity index (χ4n) is 9.49. The first-order valence-corrected chi connectivity index (χ1v) is 19.0. The lowest BCUT2D eigenvalue weighted by atomic mass is 9.95. The zero-order valence-electron chi connectivity index (χ0n) is 30.6. The van der Waals surface area contributed by atoms with Crippen LogP contribution in [0, 0.1) is 24.0 Å². The van der Waals surface area contributed by atoms with Crippen molar-refractivity contribution in [1.82, 2.24) is 24.8 Å². The average molecular weight is 760 g/mol. The number of aromatic nitrogens is 3. The van der Waals surface area contributed by atoms with Gasteiger partial charge in [-0.3, -0.25) is 19.6 Å². The normalized spacial score (nSPS) is 23.4. The van der Waals surface area contributed by atoms with Crippen molar-refractivity contribution >= 4 is 39.1 Å². The minimum absolute atomic E-state index is 0.0311. The molecule has 2 N–H and O–H groups in total. The summed E-state index contributed by atoms with van der Waals surface area (Å²) in [4.78, 5) is 32.8. The smallest absolute Gasteiger partial charge is 0.319 e. The van der Waals surface area contributed by atoms with Gasteiger partial charge in [0.05, 0.1) is 16.5 Å². The number of rotatable bonds is 9. The van der Waals surface area contributed by atoms with Crippen LogP contribution in [0.1, 0.15) is 43.2 Å². The van der Waals surface area contributed by atoms with Crippen molar-refractivity contribution in [3.05, 3.63) is 90.1 Å². The van der Waals surface area contributed by atoms with E-state index in [0.717, 1.165) is 37.8 Å². The van der Waals surface area contributed by atoms with Gasteiger partial charge < -0.3 is 20.1 Å². The molecule has 5 aromatic rings. The van der Waals surface area contributed by atoms with Crippen LogP contribution in [0.4, 0.5) is 24.7 Å². The van der Waals surface area contributed by atoms with Crippen LogP contribution in [0.15, 0.2) is 67.4 Å². The third-order valence-electron chi connectivity index (χ3n) is 12.0. The molecule has 4 atom stereocenters. The molecule has 56 heavy (non-hydrogen) atoms. The van der Waals surface area contributed by atoms with Crippen LogP contribution in [0.25, 0.3) is 32.9 Å². The molecule has 4 unspecified atom stereocenters. The van der Waals surface area contributed by atoms with Crippen molar-refractivity contribution in [2.75, 3.05) is 43.0 Å². The summed E-state index contributed by atoms with van der Waals surface area (Å²) in [6.07, 6.45) is 11.5. The van der Waals surface area contributed by atoms with Crippen molar-refractivity contribution in [1.29, 1.82) is 0 Å². The molecule has 2 bridgehead atoms. The number of alkyl halides is 1. The molecule has 4 saturated heterocycles. The van der Waals surface area contributed by atoms with Gasteiger partial charge in [0.25, 0.3) is 0 Å². The van der Waals surface area contributed by atoms with E-state index in [0.29, 0.717) is 54.9 Å². The molecule has 1 amide bonds. The number of phenols is 1. The first kappa shape index (κ1) is 36.0. The zero-order valence-corrected chi connectivity index (χ0v) is 30.6. The Morgan fingerprint density at radius 3 is 2.73 bits per heavy atom. The second kappa shape index (κ2) is 14.1. The fourth-order valence-corrected chi connectivity index (χ4v) is 9.49. The van der Waals surface area contributed by atoms with Crippen LogP contribution in [0.2, 0.25) is 0 Å². The highest BCUT2D eigenvalue weighted by atomic mass is 19.1. The molecule has 2 aromatic heterocycles. The number of halogens is 3. The first-order valence-electron chi connectivity index (χ1n) is 19.0. The maximum Gasteiger partial charge on any atom is 0.319 e. The van der Waals surface area contributed by atoms with Gasteiger partial charge in [0, 0.05) is 67.5 Å². The summed E-state index contributed by atoms with van der Waals surface area (Å²) in [5.74, 6) is 0.959. The van der Waals surface area contributed by atoms with Crippen molar-refractivity contribution in [3.8, 4) is 35.4 Å². The molecule has 0 saturated carbocycles. The number of hydrogen-bond donors (Lipinski definition) is 2. The number of pyridine rings is 1. The third-order valence-corrected chi connectivity index (χ3v) is 12.0. The van der Waals surface area contributed by atoms with Crippen LogP contribution in [-0.2, 0) is 11.3 Å². The van der Waals surface area contributed by atoms with E-state index in [-0.39, 0.29) is 64.1 Å². The Bertz CT molecular complexity index is 2440. The minimum atomic E-state index is -0.951. The number of anilines is 2. The maximum atomic E-state index is 17.1. The molecule has 4 aliphatic heterocycles. The van der Waals surface area contributed by atoms with Crippen LogP contribution in [0.5, 0.6) is 11.8 Å². The number of phenolic OH excluding ortho intramolecular Hbond substituents is 1. The molecule has 286 valence electrons. The lowest BCUT2D eigenvalue weighted by molar-refractivity contribution is -0.111. The summed E-state index contributed by atoms with van der Waals surface area (Å²) in [6, 6.07) is 13.5. The SMILES string of the molecule is C#Cc1c(F)ccc2cc(O)cc(-c3ncc4c(N5CC6CCC(C5)N6Cc5cccc(NC(=O)C=C)c5)nc(OCC56CCCN5CC(F)C6)nc4c3F)c12. The summed E-state index contributed by atoms with van der Waals surface area (Å²) in [5, 5.41) is 14.5. The number of amides is 1. The Hall–Kier alpha value is -5.71. The third kappa shape index (κ3) is 6.27. The van der Waals surface area contributed by atoms with E-state index in [1.165, 1.54) is 36.5 Å². The summed E-state index contributed by atoms with van der Waals surface area (Å²) < 4.78 is 53.1. The van der Waals surface area contributed by atoms with E-state index in [9.17, 15) is 18.7 Å². The average Bonchev–Trinajstić information content (AvgIpc) is 3.79. The van der Waals surface area contributed by atoms with Gasteiger partial charge in [-0.25, -0.2) is 13.2 Å². The molecule has 6 heterocycles. The van der Waals surface area contributed by atoms with Crippen LogP contribution < -0.4 is 15.0 Å². The molecular weight excluding hydrogens is 720 g/mol. The number of hydrogen-bond acceptors (Lipinski definition) is 9. The van der Waals surface area contributed by atoms with Crippen molar-refractivity contribution in [2.45, 2.75) is 62.4 Å². The number of nitrogens with one attached hydrogen (secondary N) is 1. The highest BCUT2D eigenvalue weighted by molar-refractivity contribution is 6.03. The quantitative estimate of drug-likeness (QED) is 0.125. The number of terminal acetylenes is 1. The monoisotopic (exact) mass is 759 g/mol. The lowest BCUT2D eigenvalue weighted by Gasteiger charge is -2.42. The van der Waals surface area contributed by atoms with Crippen molar-refractivity contribution < 1.29 is 27.8 Å². The number of piperazine rings is 1. The zero-order chi connectivity index (χ0) is 38.7. The minimum Gasteiger partial charge on any atom is -0.508 e. The Kier molecular flexibility index (Phi) is 9.05. The Morgan fingerprint density at radius 1 is 1.12 bits per heavy atom. The molecule has 4 fully saturated rings. The van der Waals surface area contributed by atoms with Crippen LogP contribution in [-0.4, -0.2) is 92.3 Å². The summed E-state index contributed by atoms with van der Waals surface area (Å²) in [7, 11) is 0. The van der Waals surface area contributed by atoms with Gasteiger partial charge in [0.2, 0.25) is 5.91 Å². The fraction of sp³-hybridized carbons (Fsp3) is 0.349. The second-order valence-corrected chi connectivity index (χ2v) is 15.4. The van der Waals surface area contributed by atoms with E-state index in [1.54, 1.807) is 0 Å². The summed E-state index contributed by atoms with van der Waals surface area (Å²) >= 11 is 0. The van der Waals surface area contributed by atoms with E-state index in [4.69, 9.17) is 16.1 Å². The van der Waals surface area contributed by atoms with Gasteiger partial charge in [0.15, 0.2) is 5.82 Å². The number of carbonyl (C=O) groups is 1. The Labute approximate surface area is 322 Å². The predicted octanol–water partition coefficient (Wildman–Crippen LogP) is 6.74. The molecule has 0 aliphatic carbocycles. The number of aromatic hydroxyl groups is 1. The second-order valence-electron chi connectivity index (χ2n) is 15.4. The van der Waals surface area contributed by atoms with Crippen molar-refractivity contribution in [2.24, 2.45) is 0 Å². The maximum absolute atomic E-state index is 17.1. The number of fused-ring (bicyclic) bond motifs is 5. The van der Waals surface area contributed by atoms with Gasteiger partial charge in [-0.1, -0.05) is 30.7 Å². The van der Waals surface area contributed by atoms with Gasteiger partial charge in [-0.05, 0) is 79.6 Å². The van der Waals surface area contributed by atoms with Gasteiger partial charge >= 0.3 is 6.01 Å². The molecule has 4 aliphatic rings. The molecule has 10 nitrogen and oxygen atoms in total. The standard InChI is InChI=1S/C43H40F3N7O3/c1-3-32-35(45)12-9-26-16-31(54)17-33(37(26)32)39-38(46)40-34(19-47-39)41(50-42(49-40)56-24-43-13-6-14-52(43)21-27(44)18-43)51-22-29-10-11-30(23-51)53(29)20-25-7-5-8-28(15-25)48-36(55)4-2/h1,4-5,7-9,12,15-17,19,27,29-30,54H,2,6,10-11,13-14,18,20-24H2,(H,48,55). The predicted molar refractivity (Wildman–Crippen MR) is 208 cm³/mol. The first-order chi connectivity index (χ1) is 27.1. The number of ether oxygens (including phenoxy) is 1. The summed E-state index contributed by atoms with van der Waals surface area (Å²) in [6.45, 7) is 6.72. The van der Waals surface area contributed by atoms with E-state index >= 15 is 4.39 Å². The number of benzene rings is 3. The number of carbonyl (C=O) groups excluding carboxylic acids is 1. The highest BCUT2D eigenvalue weighted by Gasteiger charge is 2.49. The molecule has 3 aromatic carbocycles. The highest BCUT2D eigenvalue weighted by Crippen LogP contribution is 2.43. The van der Waals surface area contributed by atoms with Crippen LogP contribution >= 0.6 is 0 Å². The van der Waals surface area contributed by atoms with Crippen molar-refractivity contribution in [3.63, 3.8) is 0 Å². The largest absolute Gasteiger partial charge is 0.508 e. The number of nitrogens with zero attached hydrogens (tertiary/aromatic N) is 6. The summed E-state index contributed by atoms with van der Waals surface area (Å²) in [5.41, 5.74) is 1.12. The molecule has 13 heteroatoms. The van der Waals surface area contributed by atoms with E-state index in [1.807, 2.05) is 24.3 Å². The molecule has 0 radical (unpaired) electrons. The molecule has 9 rings (SSSR count). The van der Waals surface area contributed by atoms with Gasteiger partial charge in [-0.15, -0.1) is 6.42 Å². The Morgan fingerprint density at radius 2 is 1.95 bits per heavy atom. The lowest BCUT2D eigenvalue weighted by Crippen LogP contribution is -2.53. The Balaban J connectivity index is 1.09. The van der Waals surface area contributed by atoms with Crippen LogP contribution in [0.3, 0.4) is 0 Å².